The van der Waals surface area contributed by atoms with Gasteiger partial charge in [0.1, 0.15) is 5.82 Å². The summed E-state index contributed by atoms with van der Waals surface area (Å²) >= 11 is 5.98. The summed E-state index contributed by atoms with van der Waals surface area (Å²) in [6, 6.07) is 5.80. The zero-order chi connectivity index (χ0) is 19.9. The summed E-state index contributed by atoms with van der Waals surface area (Å²) in [5, 5.41) is 1.62. The number of fused-ring (bicyclic) bond motifs is 1. The number of imidazole rings is 1. The molecule has 9 heteroatoms. The second kappa shape index (κ2) is 7.42. The summed E-state index contributed by atoms with van der Waals surface area (Å²) in [4.78, 5) is 13.2. The molecule has 0 radical (unpaired) electrons. The fraction of sp³-hybridized carbons (Fsp3) is 0.421. The summed E-state index contributed by atoms with van der Waals surface area (Å²) < 4.78 is 29.2. The van der Waals surface area contributed by atoms with E-state index >= 15 is 0 Å². The van der Waals surface area contributed by atoms with E-state index in [4.69, 9.17) is 11.6 Å². The molecule has 0 saturated carbocycles. The molecule has 0 bridgehead atoms. The summed E-state index contributed by atoms with van der Waals surface area (Å²) in [6.45, 7) is 5.40. The van der Waals surface area contributed by atoms with Gasteiger partial charge in [0.2, 0.25) is 0 Å². The molecule has 1 aliphatic heterocycles. The Morgan fingerprint density at radius 1 is 1.21 bits per heavy atom. The highest BCUT2D eigenvalue weighted by atomic mass is 35.5. The second-order valence-electron chi connectivity index (χ2n) is 7.03. The molecule has 3 aromatic heterocycles. The monoisotopic (exact) mass is 419 g/mol. The standard InChI is InChI=1S/C19H22ClN5O2S/c1-3-24-12-18(22-13(24)2)28(26,27)25-8-6-14(7-9-25)17-5-4-15-10-16(20)11-21-19(15)23-17/h4-5,10-12,14H,3,6-9H2,1-2H3. The van der Waals surface area contributed by atoms with Crippen LogP contribution in [0.15, 0.2) is 35.6 Å². The number of piperidine rings is 1. The molecular weight excluding hydrogens is 398 g/mol. The average molecular weight is 420 g/mol. The van der Waals surface area contributed by atoms with Gasteiger partial charge in [-0.15, -0.1) is 0 Å². The van der Waals surface area contributed by atoms with Crippen molar-refractivity contribution in [3.8, 4) is 0 Å². The van der Waals surface area contributed by atoms with Gasteiger partial charge in [0.25, 0.3) is 10.0 Å². The van der Waals surface area contributed by atoms with Crippen molar-refractivity contribution >= 4 is 32.7 Å². The lowest BCUT2D eigenvalue weighted by atomic mass is 9.94. The first-order valence-corrected chi connectivity index (χ1v) is 11.2. The molecule has 4 heterocycles. The maximum Gasteiger partial charge on any atom is 0.262 e. The number of sulfonamides is 1. The molecule has 0 N–H and O–H groups in total. The molecule has 148 valence electrons. The van der Waals surface area contributed by atoms with Crippen LogP contribution in [0.4, 0.5) is 0 Å². The molecule has 0 unspecified atom stereocenters. The molecule has 0 atom stereocenters. The first-order valence-electron chi connectivity index (χ1n) is 9.34. The third kappa shape index (κ3) is 3.52. The van der Waals surface area contributed by atoms with Crippen LogP contribution in [-0.4, -0.2) is 45.3 Å². The van der Waals surface area contributed by atoms with Gasteiger partial charge in [-0.05, 0) is 44.9 Å². The zero-order valence-electron chi connectivity index (χ0n) is 15.8. The Morgan fingerprint density at radius 3 is 2.64 bits per heavy atom. The molecule has 0 amide bonds. The largest absolute Gasteiger partial charge is 0.334 e. The van der Waals surface area contributed by atoms with Gasteiger partial charge in [-0.2, -0.15) is 4.31 Å². The molecule has 1 aliphatic rings. The van der Waals surface area contributed by atoms with Crippen LogP contribution in [0.3, 0.4) is 0 Å². The van der Waals surface area contributed by atoms with Crippen molar-refractivity contribution in [3.63, 3.8) is 0 Å². The normalized spacial score (nSPS) is 16.7. The number of nitrogens with zero attached hydrogens (tertiary/aromatic N) is 5. The predicted octanol–water partition coefficient (Wildman–Crippen LogP) is 3.38. The lowest BCUT2D eigenvalue weighted by Gasteiger charge is -2.30. The lowest BCUT2D eigenvalue weighted by molar-refractivity contribution is 0.316. The second-order valence-corrected chi connectivity index (χ2v) is 9.35. The minimum atomic E-state index is -3.56. The van der Waals surface area contributed by atoms with Crippen molar-refractivity contribution in [3.05, 3.63) is 47.1 Å². The van der Waals surface area contributed by atoms with E-state index in [1.807, 2.05) is 36.6 Å². The van der Waals surface area contributed by atoms with E-state index in [2.05, 4.69) is 15.0 Å². The third-order valence-electron chi connectivity index (χ3n) is 5.30. The summed E-state index contributed by atoms with van der Waals surface area (Å²) in [5.41, 5.74) is 1.61. The van der Waals surface area contributed by atoms with Crippen molar-refractivity contribution in [1.82, 2.24) is 23.8 Å². The predicted molar refractivity (Wildman–Crippen MR) is 108 cm³/mol. The van der Waals surface area contributed by atoms with Gasteiger partial charge in [-0.25, -0.2) is 23.4 Å². The van der Waals surface area contributed by atoms with Crippen LogP contribution in [0.5, 0.6) is 0 Å². The summed E-state index contributed by atoms with van der Waals surface area (Å²) in [5.74, 6) is 0.923. The molecule has 0 aromatic carbocycles. The Hall–Kier alpha value is -2.03. The molecule has 1 saturated heterocycles. The number of aromatic nitrogens is 4. The van der Waals surface area contributed by atoms with Crippen molar-refractivity contribution in [2.75, 3.05) is 13.1 Å². The van der Waals surface area contributed by atoms with Crippen LogP contribution in [0.2, 0.25) is 5.02 Å². The highest BCUT2D eigenvalue weighted by Gasteiger charge is 2.32. The van der Waals surface area contributed by atoms with E-state index in [-0.39, 0.29) is 10.9 Å². The number of hydrogen-bond acceptors (Lipinski definition) is 5. The number of aryl methyl sites for hydroxylation is 2. The van der Waals surface area contributed by atoms with E-state index in [9.17, 15) is 8.42 Å². The molecular formula is C19H22ClN5O2S. The topological polar surface area (TPSA) is 81.0 Å². The number of hydrogen-bond donors (Lipinski definition) is 0. The summed E-state index contributed by atoms with van der Waals surface area (Å²) in [6.07, 6.45) is 4.66. The van der Waals surface area contributed by atoms with Gasteiger partial charge in [-0.1, -0.05) is 11.6 Å². The molecule has 0 spiro atoms. The lowest BCUT2D eigenvalue weighted by Crippen LogP contribution is -2.38. The van der Waals surface area contributed by atoms with E-state index in [0.29, 0.717) is 36.1 Å². The van der Waals surface area contributed by atoms with Crippen LogP contribution >= 0.6 is 11.6 Å². The average Bonchev–Trinajstić information content (AvgIpc) is 3.09. The van der Waals surface area contributed by atoms with Crippen LogP contribution < -0.4 is 0 Å². The Labute approximate surface area is 169 Å². The Kier molecular flexibility index (Phi) is 5.11. The van der Waals surface area contributed by atoms with Gasteiger partial charge >= 0.3 is 0 Å². The Bertz CT molecular complexity index is 1120. The fourth-order valence-corrected chi connectivity index (χ4v) is 5.30. The Balaban J connectivity index is 1.50. The quantitative estimate of drug-likeness (QED) is 0.647. The molecule has 28 heavy (non-hydrogen) atoms. The zero-order valence-corrected chi connectivity index (χ0v) is 17.4. The van der Waals surface area contributed by atoms with Crippen molar-refractivity contribution in [1.29, 1.82) is 0 Å². The van der Waals surface area contributed by atoms with Crippen LogP contribution in [0, 0.1) is 6.92 Å². The fourth-order valence-electron chi connectivity index (χ4n) is 3.67. The third-order valence-corrected chi connectivity index (χ3v) is 7.28. The van der Waals surface area contributed by atoms with Crippen LogP contribution in [0.25, 0.3) is 11.0 Å². The van der Waals surface area contributed by atoms with Gasteiger partial charge in [0.05, 0.1) is 5.02 Å². The smallest absolute Gasteiger partial charge is 0.262 e. The van der Waals surface area contributed by atoms with Crippen LogP contribution in [-0.2, 0) is 16.6 Å². The van der Waals surface area contributed by atoms with Gasteiger partial charge in [0.15, 0.2) is 10.7 Å². The molecule has 7 nitrogen and oxygen atoms in total. The summed E-state index contributed by atoms with van der Waals surface area (Å²) in [7, 11) is -3.56. The van der Waals surface area contributed by atoms with Crippen molar-refractivity contribution in [2.24, 2.45) is 0 Å². The van der Waals surface area contributed by atoms with Gasteiger partial charge < -0.3 is 4.57 Å². The highest BCUT2D eigenvalue weighted by Crippen LogP contribution is 2.30. The number of rotatable bonds is 4. The SMILES string of the molecule is CCn1cc(S(=O)(=O)N2CCC(c3ccc4cc(Cl)cnc4n3)CC2)nc1C. The minimum absolute atomic E-state index is 0.134. The van der Waals surface area contributed by atoms with Gasteiger partial charge in [-0.3, -0.25) is 0 Å². The van der Waals surface area contributed by atoms with E-state index in [0.717, 1.165) is 23.9 Å². The minimum Gasteiger partial charge on any atom is -0.334 e. The molecule has 1 fully saturated rings. The molecule has 0 aliphatic carbocycles. The molecule has 4 rings (SSSR count). The maximum absolute atomic E-state index is 12.9. The number of halogens is 1. The van der Waals surface area contributed by atoms with Gasteiger partial charge in [0, 0.05) is 49.0 Å². The number of pyridine rings is 2. The maximum atomic E-state index is 12.9. The van der Waals surface area contributed by atoms with E-state index in [1.165, 1.54) is 4.31 Å². The Morgan fingerprint density at radius 2 is 1.96 bits per heavy atom. The first kappa shape index (κ1) is 19.3. The van der Waals surface area contributed by atoms with E-state index < -0.39 is 10.0 Å². The van der Waals surface area contributed by atoms with Crippen LogP contribution in [0.1, 0.15) is 37.2 Å². The molecule has 3 aromatic rings. The van der Waals surface area contributed by atoms with E-state index in [1.54, 1.807) is 12.4 Å². The first-order chi connectivity index (χ1) is 13.4. The van der Waals surface area contributed by atoms with Crippen molar-refractivity contribution < 1.29 is 8.42 Å². The van der Waals surface area contributed by atoms with Crippen molar-refractivity contribution in [2.45, 2.75) is 44.2 Å². The highest BCUT2D eigenvalue weighted by molar-refractivity contribution is 7.89.